The van der Waals surface area contributed by atoms with Crippen LogP contribution in [0.15, 0.2) is 103 Å². The molecule has 408 valence electrons. The van der Waals surface area contributed by atoms with Crippen LogP contribution < -0.4 is 41.7 Å². The Hall–Kier alpha value is -10.6. The Bertz CT molecular complexity index is 3860. The zero-order chi connectivity index (χ0) is 59.3. The highest BCUT2D eigenvalue weighted by atomic mass is 32.1. The Labute approximate surface area is 464 Å². The Morgan fingerprint density at radius 2 is 0.875 bits per heavy atom. The second-order valence-corrected chi connectivity index (χ2v) is 17.8. The SMILES string of the molecule is [3H]c1csc(OCc2ncccc2-n2nnn(C)c2=O)n1.[3H]c1csc(OCc2ncnnc2-n2nnn(C)c2=O)n1.[3H]c1csc(OCc2nncnc2-n2nnn(C)c2=O)n1.[3H]c1csc(OCc2nnncc2-n2nnn(C)c2=O)n1. The van der Waals surface area contributed by atoms with Gasteiger partial charge in [-0.1, -0.05) is 45.3 Å². The fourth-order valence-corrected chi connectivity index (χ4v) is 7.51. The molecule has 0 saturated carbocycles. The van der Waals surface area contributed by atoms with Crippen molar-refractivity contribution in [2.45, 2.75) is 26.4 Å². The average Bonchev–Trinajstić information content (AvgIpc) is 3.75. The summed E-state index contributed by atoms with van der Waals surface area (Å²) in [6, 6.07) is 3.41. The highest BCUT2D eigenvalue weighted by Crippen LogP contribution is 2.20. The Kier molecular flexibility index (Phi) is 15.9. The molecule has 0 aliphatic carbocycles. The van der Waals surface area contributed by atoms with Gasteiger partial charge in [-0.15, -0.1) is 40.0 Å². The van der Waals surface area contributed by atoms with Gasteiger partial charge in [0, 0.05) is 80.6 Å². The van der Waals surface area contributed by atoms with E-state index in [9.17, 15) is 19.2 Å². The first-order chi connectivity index (χ1) is 40.6. The predicted octanol–water partition coefficient (Wildman–Crippen LogP) is -2.04. The summed E-state index contributed by atoms with van der Waals surface area (Å²) in [6.45, 7) is 0.139. The zero-order valence-electron chi connectivity index (χ0n) is 44.9. The lowest BCUT2D eigenvalue weighted by molar-refractivity contribution is 0.296. The van der Waals surface area contributed by atoms with E-state index in [0.717, 1.165) is 37.5 Å². The molecule has 0 aromatic carbocycles. The number of ether oxygens (including phenoxy) is 4. The van der Waals surface area contributed by atoms with Crippen LogP contribution in [-0.2, 0) is 54.6 Å². The maximum Gasteiger partial charge on any atom is 0.369 e. The molecular formula is C38H34N30O8S4. The normalized spacial score (nSPS) is 11.3. The number of aryl methyl sites for hydroxylation is 4. The van der Waals surface area contributed by atoms with Gasteiger partial charge in [0.05, 0.1) is 17.4 Å². The lowest BCUT2D eigenvalue weighted by Gasteiger charge is -2.06. The van der Waals surface area contributed by atoms with Gasteiger partial charge in [-0.05, 0) is 59.1 Å². The molecule has 0 bridgehead atoms. The number of tetrazole rings is 4. The number of pyridine rings is 1. The van der Waals surface area contributed by atoms with Crippen molar-refractivity contribution < 1.29 is 24.4 Å². The van der Waals surface area contributed by atoms with Gasteiger partial charge in [0.15, 0.2) is 5.82 Å². The molecule has 42 heteroatoms. The molecular weight excluding hydrogens is 1130 g/mol. The first-order valence-corrected chi connectivity index (χ1v) is 25.2. The van der Waals surface area contributed by atoms with E-state index in [1.165, 1.54) is 92.4 Å². The zero-order valence-corrected chi connectivity index (χ0v) is 44.2. The molecule has 0 saturated heterocycles. The average molecular weight is 1180 g/mol. The van der Waals surface area contributed by atoms with Crippen LogP contribution in [0.25, 0.3) is 23.0 Å². The first kappa shape index (κ1) is 49.0. The van der Waals surface area contributed by atoms with Crippen molar-refractivity contribution in [2.75, 3.05) is 0 Å². The summed E-state index contributed by atoms with van der Waals surface area (Å²) in [7, 11) is 5.94. The van der Waals surface area contributed by atoms with Gasteiger partial charge in [-0.2, -0.15) is 28.1 Å². The van der Waals surface area contributed by atoms with Gasteiger partial charge >= 0.3 is 22.8 Å². The van der Waals surface area contributed by atoms with Crippen LogP contribution in [0.5, 0.6) is 20.8 Å². The van der Waals surface area contributed by atoms with Crippen molar-refractivity contribution in [2.24, 2.45) is 28.2 Å². The lowest BCUT2D eigenvalue weighted by Crippen LogP contribution is -2.24. The molecule has 0 N–H and O–H groups in total. The minimum absolute atomic E-state index is 0.00780. The van der Waals surface area contributed by atoms with E-state index >= 15 is 0 Å². The molecule has 0 aliphatic rings. The molecule has 12 heterocycles. The molecule has 38 nitrogen and oxygen atoms in total. The Balaban J connectivity index is 0.000000134. The third kappa shape index (κ3) is 13.3. The summed E-state index contributed by atoms with van der Waals surface area (Å²) in [5.41, 5.74) is 0.637. The second-order valence-electron chi connectivity index (χ2n) is 14.5. The van der Waals surface area contributed by atoms with E-state index in [0.29, 0.717) is 54.9 Å². The maximum absolute atomic E-state index is 11.9. The number of nitrogens with zero attached hydrogens (tertiary/aromatic N) is 30. The highest BCUT2D eigenvalue weighted by molar-refractivity contribution is 7.12. The van der Waals surface area contributed by atoms with Crippen molar-refractivity contribution in [1.29, 1.82) is 0 Å². The standard InChI is InChI=1S/C11H10N6O2S.3C9H8N8O2S/c1-16-11(18)17(15-14-16)9-3-2-4-12-8(9)7-19-10-13-5-6-20-10;1-16-9(18)17(15-14-16)7-4-11-13-12-6(7)5-19-8-10-2-3-20-8;1-16-9(18)17(15-14-16)7-6(13-12-5-11-7)4-19-8-10-2-3-20-8;1-16-9(18)17(15-14-16)7-6(11-5-12-13-7)4-19-8-10-2-3-20-8/h2-6H,7H2,1H3;2-4H,5H2,1H3;2*2-3,5H,4H2,1H3/i5T;3*2T. The van der Waals surface area contributed by atoms with Gasteiger partial charge in [0.25, 0.3) is 20.8 Å². The van der Waals surface area contributed by atoms with Crippen LogP contribution in [0.3, 0.4) is 0 Å². The highest BCUT2D eigenvalue weighted by Gasteiger charge is 2.18. The van der Waals surface area contributed by atoms with Crippen molar-refractivity contribution in [1.82, 2.24) is 150 Å². The number of thiazole rings is 4. The number of hydrogen-bond donors (Lipinski definition) is 0. The van der Waals surface area contributed by atoms with E-state index in [-0.39, 0.29) is 68.4 Å². The minimum Gasteiger partial charge on any atom is -0.463 e. The van der Waals surface area contributed by atoms with Crippen LogP contribution in [0.4, 0.5) is 0 Å². The van der Waals surface area contributed by atoms with E-state index in [1.807, 2.05) is 0 Å². The van der Waals surface area contributed by atoms with Crippen LogP contribution >= 0.6 is 45.3 Å². The van der Waals surface area contributed by atoms with Crippen LogP contribution in [0.2, 0.25) is 0 Å². The van der Waals surface area contributed by atoms with E-state index in [4.69, 9.17) is 24.4 Å². The molecule has 12 aromatic rings. The smallest absolute Gasteiger partial charge is 0.369 e. The lowest BCUT2D eigenvalue weighted by atomic mass is 10.3. The summed E-state index contributed by atoms with van der Waals surface area (Å²) in [5.74, 6) is 0.323. The second kappa shape index (κ2) is 25.9. The molecule has 0 aliphatic heterocycles. The van der Waals surface area contributed by atoms with Crippen molar-refractivity contribution in [3.8, 4) is 43.8 Å². The quantitative estimate of drug-likeness (QED) is 0.101. The van der Waals surface area contributed by atoms with Crippen molar-refractivity contribution >= 4 is 45.3 Å². The maximum atomic E-state index is 11.9. The summed E-state index contributed by atoms with van der Waals surface area (Å²) < 4.78 is 59.5. The van der Waals surface area contributed by atoms with Crippen molar-refractivity contribution in [3.63, 3.8) is 0 Å². The molecule has 0 spiro atoms. The van der Waals surface area contributed by atoms with Gasteiger partial charge in [0.2, 0.25) is 5.82 Å². The fraction of sp³-hybridized carbons (Fsp3) is 0.211. The monoisotopic (exact) mass is 1170 g/mol. The van der Waals surface area contributed by atoms with Crippen LogP contribution in [0.1, 0.15) is 28.3 Å². The molecule has 0 fully saturated rings. The van der Waals surface area contributed by atoms with Crippen LogP contribution in [-0.4, -0.2) is 150 Å². The van der Waals surface area contributed by atoms with Gasteiger partial charge < -0.3 is 18.9 Å². The minimum atomic E-state index is -0.471. The first-order valence-electron chi connectivity index (χ1n) is 23.7. The summed E-state index contributed by atoms with van der Waals surface area (Å²) in [5, 5.41) is 62.9. The van der Waals surface area contributed by atoms with Gasteiger partial charge in [-0.3, -0.25) is 4.98 Å². The molecule has 80 heavy (non-hydrogen) atoms. The topological polar surface area (TPSA) is 428 Å². The summed E-state index contributed by atoms with van der Waals surface area (Å²) in [6.07, 6.45) is 5.91. The summed E-state index contributed by atoms with van der Waals surface area (Å²) >= 11 is 4.80. The largest absolute Gasteiger partial charge is 0.463 e. The number of aromatic nitrogens is 30. The molecule has 0 radical (unpaired) electrons. The van der Waals surface area contributed by atoms with E-state index in [2.05, 4.69) is 112 Å². The van der Waals surface area contributed by atoms with E-state index < -0.39 is 17.1 Å². The number of hydrogen-bond acceptors (Lipinski definition) is 34. The molecule has 12 aromatic heterocycles. The third-order valence-corrected chi connectivity index (χ3v) is 12.0. The molecule has 0 amide bonds. The van der Waals surface area contributed by atoms with Gasteiger partial charge in [0.1, 0.15) is 67.5 Å². The van der Waals surface area contributed by atoms with Gasteiger partial charge in [-0.25, -0.2) is 49.1 Å². The Morgan fingerprint density at radius 3 is 1.36 bits per heavy atom. The third-order valence-electron chi connectivity index (χ3n) is 9.45. The fourth-order valence-electron chi connectivity index (χ4n) is 5.76. The van der Waals surface area contributed by atoms with Crippen LogP contribution in [0, 0.1) is 0 Å². The summed E-state index contributed by atoms with van der Waals surface area (Å²) in [4.78, 5) is 75.0. The molecule has 0 unspecified atom stereocenters. The number of rotatable bonds is 16. The van der Waals surface area contributed by atoms with E-state index in [1.54, 1.807) is 39.8 Å². The predicted molar refractivity (Wildman–Crippen MR) is 270 cm³/mol. The Morgan fingerprint density at radius 1 is 0.438 bits per heavy atom. The van der Waals surface area contributed by atoms with Crippen molar-refractivity contribution in [3.05, 3.63) is 148 Å². The molecule has 0 atom stereocenters. The molecule has 12 rings (SSSR count).